The first kappa shape index (κ1) is 13.8. The molecule has 1 saturated heterocycles. The molecule has 1 aliphatic heterocycles. The molecule has 0 unspecified atom stereocenters. The summed E-state index contributed by atoms with van der Waals surface area (Å²) in [6.07, 6.45) is 4.78. The first-order valence-corrected chi connectivity index (χ1v) is 7.20. The highest BCUT2D eigenvalue weighted by atomic mass is 16.5. The van der Waals surface area contributed by atoms with Crippen LogP contribution in [-0.2, 0) is 9.53 Å². The van der Waals surface area contributed by atoms with Crippen LogP contribution in [-0.4, -0.2) is 35.6 Å². The van der Waals surface area contributed by atoms with E-state index in [1.165, 1.54) is 0 Å². The normalized spacial score (nSPS) is 26.7. The summed E-state index contributed by atoms with van der Waals surface area (Å²) < 4.78 is 5.10. The molecule has 5 nitrogen and oxygen atoms in total. The Hall–Kier alpha value is -2.14. The number of ether oxygens (including phenoxy) is 1. The number of allylic oxidation sites excluding steroid dienone is 1. The Morgan fingerprint density at radius 2 is 2.10 bits per heavy atom. The number of rotatable bonds is 3. The summed E-state index contributed by atoms with van der Waals surface area (Å²) in [6.45, 7) is 2.12. The van der Waals surface area contributed by atoms with E-state index in [0.29, 0.717) is 12.2 Å². The molecular weight excluding hydrogens is 268 g/mol. The van der Waals surface area contributed by atoms with Crippen molar-refractivity contribution in [2.75, 3.05) is 6.61 Å². The molecule has 1 aromatic carbocycles. The first-order valence-electron chi connectivity index (χ1n) is 7.20. The van der Waals surface area contributed by atoms with Gasteiger partial charge in [-0.25, -0.2) is 5.43 Å². The number of esters is 1. The summed E-state index contributed by atoms with van der Waals surface area (Å²) in [6, 6.07) is 8.52. The topological polar surface area (TPSA) is 58.6 Å². The summed E-state index contributed by atoms with van der Waals surface area (Å²) in [7, 11) is 0. The second-order valence-corrected chi connectivity index (χ2v) is 5.22. The average molecular weight is 286 g/mol. The van der Waals surface area contributed by atoms with Crippen molar-refractivity contribution >= 4 is 11.9 Å². The van der Waals surface area contributed by atoms with Crippen molar-refractivity contribution in [3.8, 4) is 0 Å². The fourth-order valence-corrected chi connectivity index (χ4v) is 2.97. The van der Waals surface area contributed by atoms with Gasteiger partial charge in [0.2, 0.25) is 0 Å². The zero-order chi connectivity index (χ0) is 14.8. The van der Waals surface area contributed by atoms with Crippen LogP contribution in [0.25, 0.3) is 0 Å². The van der Waals surface area contributed by atoms with Crippen LogP contribution in [0.1, 0.15) is 23.7 Å². The standard InChI is InChI=1S/C16H18N2O3/c1-2-21-16(20)14-12-9-6-10-13(12)18(17-14)15(19)11-7-4-3-5-8-11/h3-8,10,12-14,17H,2,9H2,1H3/t12-,13+,14+/m1/s1. The van der Waals surface area contributed by atoms with E-state index in [1.54, 1.807) is 24.1 Å². The average Bonchev–Trinajstić information content (AvgIpc) is 3.09. The quantitative estimate of drug-likeness (QED) is 0.676. The highest BCUT2D eigenvalue weighted by molar-refractivity contribution is 5.95. The summed E-state index contributed by atoms with van der Waals surface area (Å²) in [5.74, 6) is -0.361. The minimum Gasteiger partial charge on any atom is -0.465 e. The predicted octanol–water partition coefficient (Wildman–Crippen LogP) is 1.52. The van der Waals surface area contributed by atoms with E-state index in [0.717, 1.165) is 6.42 Å². The van der Waals surface area contributed by atoms with Gasteiger partial charge in [-0.1, -0.05) is 30.4 Å². The van der Waals surface area contributed by atoms with Crippen LogP contribution in [0, 0.1) is 5.92 Å². The number of carbonyl (C=O) groups excluding carboxylic acids is 2. The predicted molar refractivity (Wildman–Crippen MR) is 77.2 cm³/mol. The van der Waals surface area contributed by atoms with E-state index in [1.807, 2.05) is 30.4 Å². The second-order valence-electron chi connectivity index (χ2n) is 5.22. The van der Waals surface area contributed by atoms with Crippen LogP contribution in [0.4, 0.5) is 0 Å². The summed E-state index contributed by atoms with van der Waals surface area (Å²) in [4.78, 5) is 24.6. The SMILES string of the molecule is CCOC(=O)[C@H]1NN(C(=O)c2ccccc2)[C@H]2C=CC[C@@H]12. The number of benzene rings is 1. The number of carbonyl (C=O) groups is 2. The molecule has 21 heavy (non-hydrogen) atoms. The molecule has 3 rings (SSSR count). The van der Waals surface area contributed by atoms with E-state index in [2.05, 4.69) is 5.43 Å². The van der Waals surface area contributed by atoms with Gasteiger partial charge in [0.15, 0.2) is 0 Å². The second kappa shape index (κ2) is 5.69. The molecule has 0 radical (unpaired) electrons. The lowest BCUT2D eigenvalue weighted by Gasteiger charge is -2.22. The van der Waals surface area contributed by atoms with Crippen molar-refractivity contribution in [3.63, 3.8) is 0 Å². The molecule has 0 spiro atoms. The van der Waals surface area contributed by atoms with Gasteiger partial charge in [-0.2, -0.15) is 0 Å². The van der Waals surface area contributed by atoms with E-state index in [4.69, 9.17) is 4.74 Å². The molecule has 0 bridgehead atoms. The highest BCUT2D eigenvalue weighted by Gasteiger charge is 2.48. The van der Waals surface area contributed by atoms with Gasteiger partial charge in [-0.15, -0.1) is 0 Å². The maximum absolute atomic E-state index is 12.6. The molecule has 110 valence electrons. The Balaban J connectivity index is 1.82. The van der Waals surface area contributed by atoms with E-state index in [9.17, 15) is 9.59 Å². The van der Waals surface area contributed by atoms with Crippen LogP contribution < -0.4 is 5.43 Å². The lowest BCUT2D eigenvalue weighted by atomic mass is 9.96. The number of hydrazine groups is 1. The smallest absolute Gasteiger partial charge is 0.325 e. The van der Waals surface area contributed by atoms with Gasteiger partial charge >= 0.3 is 5.97 Å². The molecule has 1 fully saturated rings. The van der Waals surface area contributed by atoms with E-state index >= 15 is 0 Å². The molecule has 1 N–H and O–H groups in total. The minimum atomic E-state index is -0.461. The third kappa shape index (κ3) is 2.45. The van der Waals surface area contributed by atoms with Crippen LogP contribution >= 0.6 is 0 Å². The Bertz CT molecular complexity index is 570. The molecule has 2 aliphatic rings. The molecule has 5 heteroatoms. The third-order valence-electron chi connectivity index (χ3n) is 3.96. The summed E-state index contributed by atoms with van der Waals surface area (Å²) in [5.41, 5.74) is 3.64. The van der Waals surface area contributed by atoms with Gasteiger partial charge in [0.25, 0.3) is 5.91 Å². The van der Waals surface area contributed by atoms with Crippen molar-refractivity contribution in [1.82, 2.24) is 10.4 Å². The molecule has 0 aromatic heterocycles. The lowest BCUT2D eigenvalue weighted by molar-refractivity contribution is -0.146. The molecule has 0 saturated carbocycles. The van der Waals surface area contributed by atoms with Crippen molar-refractivity contribution in [3.05, 3.63) is 48.0 Å². The van der Waals surface area contributed by atoms with E-state index in [-0.39, 0.29) is 23.8 Å². The van der Waals surface area contributed by atoms with Gasteiger partial charge in [-0.3, -0.25) is 14.6 Å². The monoisotopic (exact) mass is 286 g/mol. The van der Waals surface area contributed by atoms with Gasteiger partial charge < -0.3 is 4.74 Å². The highest BCUT2D eigenvalue weighted by Crippen LogP contribution is 2.33. The number of amides is 1. The largest absolute Gasteiger partial charge is 0.465 e. The number of nitrogens with one attached hydrogen (secondary N) is 1. The maximum atomic E-state index is 12.6. The zero-order valence-corrected chi connectivity index (χ0v) is 11.9. The van der Waals surface area contributed by atoms with Gasteiger partial charge in [0, 0.05) is 11.5 Å². The maximum Gasteiger partial charge on any atom is 0.325 e. The van der Waals surface area contributed by atoms with Crippen LogP contribution in [0.3, 0.4) is 0 Å². The Morgan fingerprint density at radius 1 is 1.33 bits per heavy atom. The van der Waals surface area contributed by atoms with Crippen LogP contribution in [0.2, 0.25) is 0 Å². The van der Waals surface area contributed by atoms with Crippen molar-refractivity contribution < 1.29 is 14.3 Å². The van der Waals surface area contributed by atoms with Crippen molar-refractivity contribution in [2.45, 2.75) is 25.4 Å². The van der Waals surface area contributed by atoms with Crippen LogP contribution in [0.15, 0.2) is 42.5 Å². The number of nitrogens with zero attached hydrogens (tertiary/aromatic N) is 1. The Kier molecular flexibility index (Phi) is 3.75. The van der Waals surface area contributed by atoms with Crippen LogP contribution in [0.5, 0.6) is 0 Å². The molecule has 1 aromatic rings. The van der Waals surface area contributed by atoms with Crippen molar-refractivity contribution in [1.29, 1.82) is 0 Å². The fourth-order valence-electron chi connectivity index (χ4n) is 2.97. The lowest BCUT2D eigenvalue weighted by Crippen LogP contribution is -2.46. The zero-order valence-electron chi connectivity index (χ0n) is 11.9. The molecule has 1 heterocycles. The fraction of sp³-hybridized carbons (Fsp3) is 0.375. The molecule has 1 amide bonds. The van der Waals surface area contributed by atoms with Gasteiger partial charge in [0.1, 0.15) is 6.04 Å². The molecule has 3 atom stereocenters. The molecular formula is C16H18N2O3. The summed E-state index contributed by atoms with van der Waals surface area (Å²) in [5, 5.41) is 1.56. The molecule has 1 aliphatic carbocycles. The minimum absolute atomic E-state index is 0.0525. The van der Waals surface area contributed by atoms with E-state index < -0.39 is 6.04 Å². The number of fused-ring (bicyclic) bond motifs is 1. The van der Waals surface area contributed by atoms with Gasteiger partial charge in [0.05, 0.1) is 12.6 Å². The number of hydrogen-bond acceptors (Lipinski definition) is 4. The first-order chi connectivity index (χ1) is 10.2. The van der Waals surface area contributed by atoms with Crippen molar-refractivity contribution in [2.24, 2.45) is 5.92 Å². The Labute approximate surface area is 123 Å². The number of hydrogen-bond donors (Lipinski definition) is 1. The third-order valence-corrected chi connectivity index (χ3v) is 3.96. The Morgan fingerprint density at radius 3 is 2.81 bits per heavy atom. The van der Waals surface area contributed by atoms with Gasteiger partial charge in [-0.05, 0) is 25.5 Å². The summed E-state index contributed by atoms with van der Waals surface area (Å²) >= 11 is 0.